The van der Waals surface area contributed by atoms with Crippen LogP contribution in [0.3, 0.4) is 0 Å². The van der Waals surface area contributed by atoms with E-state index in [9.17, 15) is 9.59 Å². The number of likely N-dealkylation sites (tertiary alicyclic amines) is 1. The molecule has 0 atom stereocenters. The molecule has 0 aromatic heterocycles. The predicted octanol–water partition coefficient (Wildman–Crippen LogP) is 6.09. The van der Waals surface area contributed by atoms with Crippen LogP contribution in [-0.2, 0) is 16.0 Å². The lowest BCUT2D eigenvalue weighted by Gasteiger charge is -2.22. The number of hydrogen-bond donors (Lipinski definition) is 0. The summed E-state index contributed by atoms with van der Waals surface area (Å²) in [6.45, 7) is 5.61. The van der Waals surface area contributed by atoms with Crippen LogP contribution < -0.4 is 9.47 Å². The van der Waals surface area contributed by atoms with Gasteiger partial charge in [-0.25, -0.2) is 0 Å². The Bertz CT molecular complexity index is 993. The minimum atomic E-state index is -0.326. The number of carbonyl (C=O) groups is 2. The smallest absolute Gasteiger partial charge is 0.309 e. The van der Waals surface area contributed by atoms with Gasteiger partial charge in [0, 0.05) is 18.7 Å². The zero-order chi connectivity index (χ0) is 23.4. The predicted molar refractivity (Wildman–Crippen MR) is 130 cm³/mol. The summed E-state index contributed by atoms with van der Waals surface area (Å²) in [5, 5.41) is 0. The number of benzene rings is 2. The Morgan fingerprint density at radius 3 is 2.16 bits per heavy atom. The normalized spacial score (nSPS) is 13.4. The molecule has 0 aliphatic carbocycles. The molecule has 2 aromatic rings. The number of carbonyl (C=O) groups excluding carboxylic acids is 2. The van der Waals surface area contributed by atoms with Crippen LogP contribution in [0, 0.1) is 0 Å². The SMILES string of the molecule is COC(=O)Cc1cc(Br)c(Oc2cc(C(C)C)c(OC)cc2C(=O)N2CCCC2)c(Br)c1. The molecule has 6 nitrogen and oxygen atoms in total. The first-order valence-electron chi connectivity index (χ1n) is 10.5. The molecule has 0 saturated carbocycles. The van der Waals surface area contributed by atoms with Gasteiger partial charge in [0.25, 0.3) is 5.91 Å². The molecule has 3 rings (SSSR count). The van der Waals surface area contributed by atoms with Gasteiger partial charge >= 0.3 is 5.97 Å². The van der Waals surface area contributed by atoms with Crippen molar-refractivity contribution in [3.8, 4) is 17.2 Å². The molecule has 1 fully saturated rings. The second-order valence-corrected chi connectivity index (χ2v) is 9.70. The summed E-state index contributed by atoms with van der Waals surface area (Å²) >= 11 is 7.09. The molecule has 1 aliphatic rings. The van der Waals surface area contributed by atoms with E-state index in [0.29, 0.717) is 31.8 Å². The van der Waals surface area contributed by atoms with Crippen LogP contribution in [0.15, 0.2) is 33.2 Å². The van der Waals surface area contributed by atoms with Crippen LogP contribution >= 0.6 is 31.9 Å². The third-order valence-corrected chi connectivity index (χ3v) is 6.60. The number of nitrogens with zero attached hydrogens (tertiary/aromatic N) is 1. The molecule has 32 heavy (non-hydrogen) atoms. The minimum absolute atomic E-state index is 0.0688. The van der Waals surface area contributed by atoms with Crippen LogP contribution in [-0.4, -0.2) is 44.1 Å². The topological polar surface area (TPSA) is 65.1 Å². The standard InChI is InChI=1S/C24H27Br2NO5/c1-14(2)16-12-21(17(13-20(16)30-3)24(29)27-7-5-6-8-27)32-23-18(25)9-15(10-19(23)26)11-22(28)31-4/h9-10,12-14H,5-8,11H2,1-4H3. The summed E-state index contributed by atoms with van der Waals surface area (Å²) in [4.78, 5) is 26.8. The van der Waals surface area contributed by atoms with E-state index in [1.165, 1.54) is 7.11 Å². The minimum Gasteiger partial charge on any atom is -0.496 e. The van der Waals surface area contributed by atoms with Gasteiger partial charge in [0.1, 0.15) is 11.5 Å². The highest BCUT2D eigenvalue weighted by Gasteiger charge is 2.26. The van der Waals surface area contributed by atoms with Crippen molar-refractivity contribution >= 4 is 43.7 Å². The number of ether oxygens (including phenoxy) is 3. The summed E-state index contributed by atoms with van der Waals surface area (Å²) in [5.41, 5.74) is 2.19. The van der Waals surface area contributed by atoms with Gasteiger partial charge in [-0.3, -0.25) is 9.59 Å². The van der Waals surface area contributed by atoms with Crippen LogP contribution in [0.25, 0.3) is 0 Å². The first-order chi connectivity index (χ1) is 15.2. The van der Waals surface area contributed by atoms with Crippen LogP contribution in [0.4, 0.5) is 0 Å². The molecule has 2 aromatic carbocycles. The van der Waals surface area contributed by atoms with E-state index in [2.05, 4.69) is 45.7 Å². The molecule has 1 heterocycles. The maximum Gasteiger partial charge on any atom is 0.309 e. The van der Waals surface area contributed by atoms with E-state index in [1.54, 1.807) is 13.2 Å². The molecule has 8 heteroatoms. The fourth-order valence-electron chi connectivity index (χ4n) is 3.71. The van der Waals surface area contributed by atoms with E-state index in [4.69, 9.17) is 14.2 Å². The van der Waals surface area contributed by atoms with Crippen molar-refractivity contribution in [1.29, 1.82) is 0 Å². The molecule has 0 radical (unpaired) electrons. The van der Waals surface area contributed by atoms with Gasteiger partial charge in [0.2, 0.25) is 0 Å². The van der Waals surface area contributed by atoms with Crippen molar-refractivity contribution in [2.75, 3.05) is 27.3 Å². The highest BCUT2D eigenvalue weighted by Crippen LogP contribution is 2.42. The molecule has 1 amide bonds. The van der Waals surface area contributed by atoms with Crippen LogP contribution in [0.2, 0.25) is 0 Å². The highest BCUT2D eigenvalue weighted by atomic mass is 79.9. The first kappa shape index (κ1) is 24.6. The average Bonchev–Trinajstić information content (AvgIpc) is 3.30. The van der Waals surface area contributed by atoms with Crippen molar-refractivity contribution in [3.63, 3.8) is 0 Å². The fraction of sp³-hybridized carbons (Fsp3) is 0.417. The summed E-state index contributed by atoms with van der Waals surface area (Å²) in [6, 6.07) is 7.28. The van der Waals surface area contributed by atoms with Crippen molar-refractivity contribution < 1.29 is 23.8 Å². The van der Waals surface area contributed by atoms with Crippen molar-refractivity contribution in [2.24, 2.45) is 0 Å². The molecule has 1 aliphatic heterocycles. The quantitative estimate of drug-likeness (QED) is 0.378. The van der Waals surface area contributed by atoms with Crippen LogP contribution in [0.5, 0.6) is 17.2 Å². The zero-order valence-electron chi connectivity index (χ0n) is 18.7. The van der Waals surface area contributed by atoms with E-state index < -0.39 is 0 Å². The number of methoxy groups -OCH3 is 2. The third kappa shape index (κ3) is 5.46. The van der Waals surface area contributed by atoms with Gasteiger partial charge in [0.05, 0.1) is 35.1 Å². The third-order valence-electron chi connectivity index (χ3n) is 5.42. The summed E-state index contributed by atoms with van der Waals surface area (Å²) in [6.07, 6.45) is 2.15. The fourth-order valence-corrected chi connectivity index (χ4v) is 5.15. The highest BCUT2D eigenvalue weighted by molar-refractivity contribution is 9.11. The van der Waals surface area contributed by atoms with Crippen molar-refractivity contribution in [2.45, 2.75) is 39.0 Å². The van der Waals surface area contributed by atoms with Crippen molar-refractivity contribution in [3.05, 3.63) is 49.9 Å². The maximum absolute atomic E-state index is 13.3. The number of amides is 1. The number of esters is 1. The molecular weight excluding hydrogens is 542 g/mol. The van der Waals surface area contributed by atoms with Gasteiger partial charge in [0.15, 0.2) is 5.75 Å². The summed E-state index contributed by atoms with van der Waals surface area (Å²) in [7, 11) is 2.97. The van der Waals surface area contributed by atoms with E-state index in [-0.39, 0.29) is 24.2 Å². The second-order valence-electron chi connectivity index (χ2n) is 7.99. The van der Waals surface area contributed by atoms with E-state index >= 15 is 0 Å². The average molecular weight is 569 g/mol. The second kappa shape index (κ2) is 10.7. The Hall–Kier alpha value is -2.06. The Labute approximate surface area is 205 Å². The molecular formula is C24H27Br2NO5. The number of rotatable bonds is 7. The Balaban J connectivity index is 2.05. The number of hydrogen-bond acceptors (Lipinski definition) is 5. The van der Waals surface area contributed by atoms with Gasteiger partial charge in [-0.1, -0.05) is 13.8 Å². The lowest BCUT2D eigenvalue weighted by atomic mass is 9.98. The Morgan fingerprint density at radius 1 is 1.00 bits per heavy atom. The van der Waals surface area contributed by atoms with Crippen LogP contribution in [0.1, 0.15) is 54.1 Å². The Kier molecular flexibility index (Phi) is 8.22. The molecule has 0 unspecified atom stereocenters. The van der Waals surface area contributed by atoms with E-state index in [0.717, 1.165) is 37.1 Å². The van der Waals surface area contributed by atoms with E-state index in [1.807, 2.05) is 23.1 Å². The Morgan fingerprint density at radius 2 is 1.62 bits per heavy atom. The van der Waals surface area contributed by atoms with Gasteiger partial charge in [-0.2, -0.15) is 0 Å². The largest absolute Gasteiger partial charge is 0.496 e. The lowest BCUT2D eigenvalue weighted by Crippen LogP contribution is -2.28. The van der Waals surface area contributed by atoms with Gasteiger partial charge < -0.3 is 19.1 Å². The maximum atomic E-state index is 13.3. The first-order valence-corrected chi connectivity index (χ1v) is 12.1. The molecule has 0 N–H and O–H groups in total. The monoisotopic (exact) mass is 567 g/mol. The summed E-state index contributed by atoms with van der Waals surface area (Å²) < 4.78 is 18.0. The molecule has 0 spiro atoms. The number of halogens is 2. The summed E-state index contributed by atoms with van der Waals surface area (Å²) in [5.74, 6) is 1.44. The van der Waals surface area contributed by atoms with Gasteiger partial charge in [-0.15, -0.1) is 0 Å². The van der Waals surface area contributed by atoms with Gasteiger partial charge in [-0.05, 0) is 80.4 Å². The lowest BCUT2D eigenvalue weighted by molar-refractivity contribution is -0.139. The zero-order valence-corrected chi connectivity index (χ0v) is 21.8. The molecule has 172 valence electrons. The molecule has 1 saturated heterocycles. The molecule has 0 bridgehead atoms. The van der Waals surface area contributed by atoms with Crippen molar-refractivity contribution in [1.82, 2.24) is 4.90 Å².